The van der Waals surface area contributed by atoms with E-state index in [1.54, 1.807) is 7.11 Å². The van der Waals surface area contributed by atoms with Crippen LogP contribution in [-0.2, 0) is 9.47 Å². The highest BCUT2D eigenvalue weighted by atomic mass is 16.7. The molecule has 0 aliphatic carbocycles. The summed E-state index contributed by atoms with van der Waals surface area (Å²) in [5, 5.41) is 0. The van der Waals surface area contributed by atoms with Crippen LogP contribution in [0.2, 0.25) is 0 Å². The molecule has 2 nitrogen and oxygen atoms in total. The van der Waals surface area contributed by atoms with E-state index >= 15 is 0 Å². The molecule has 132 valence electrons. The Bertz CT molecular complexity index is 226. The molecule has 1 unspecified atom stereocenters. The van der Waals surface area contributed by atoms with Crippen molar-refractivity contribution < 1.29 is 9.47 Å². The molecule has 2 heteroatoms. The van der Waals surface area contributed by atoms with Gasteiger partial charge in [0.2, 0.25) is 0 Å². The molecule has 0 radical (unpaired) electrons. The quantitative estimate of drug-likeness (QED) is 0.173. The third-order valence-corrected chi connectivity index (χ3v) is 4.12. The summed E-state index contributed by atoms with van der Waals surface area (Å²) in [7, 11) is 1.67. The molecular weight excluding hydrogens is 272 g/mol. The molecular formula is C20H40O2. The number of methoxy groups -OCH3 is 1. The Kier molecular flexibility index (Phi) is 18.4. The Hall–Kier alpha value is -0.340. The van der Waals surface area contributed by atoms with Gasteiger partial charge < -0.3 is 9.47 Å². The van der Waals surface area contributed by atoms with E-state index in [1.807, 2.05) is 0 Å². The Morgan fingerprint density at radius 2 is 1.59 bits per heavy atom. The second-order valence-corrected chi connectivity index (χ2v) is 6.53. The van der Waals surface area contributed by atoms with Gasteiger partial charge in [0.1, 0.15) is 6.79 Å². The fraction of sp³-hybridized carbons (Fsp3) is 0.900. The van der Waals surface area contributed by atoms with E-state index in [2.05, 4.69) is 26.0 Å². The predicted molar refractivity (Wildman–Crippen MR) is 97.2 cm³/mol. The van der Waals surface area contributed by atoms with E-state index in [0.717, 1.165) is 18.9 Å². The van der Waals surface area contributed by atoms with Crippen molar-refractivity contribution in [1.29, 1.82) is 0 Å². The van der Waals surface area contributed by atoms with Gasteiger partial charge >= 0.3 is 0 Å². The van der Waals surface area contributed by atoms with E-state index in [4.69, 9.17) is 9.47 Å². The Labute approximate surface area is 139 Å². The first-order chi connectivity index (χ1) is 10.8. The van der Waals surface area contributed by atoms with Crippen molar-refractivity contribution in [3.63, 3.8) is 0 Å². The lowest BCUT2D eigenvalue weighted by Crippen LogP contribution is -1.98. The monoisotopic (exact) mass is 312 g/mol. The predicted octanol–water partition coefficient (Wildman–Crippen LogP) is 6.50. The molecule has 0 N–H and O–H groups in total. The lowest BCUT2D eigenvalue weighted by Gasteiger charge is -2.07. The maximum absolute atomic E-state index is 5.27. The highest BCUT2D eigenvalue weighted by Crippen LogP contribution is 2.14. The van der Waals surface area contributed by atoms with Crippen molar-refractivity contribution in [3.8, 4) is 0 Å². The van der Waals surface area contributed by atoms with Crippen molar-refractivity contribution in [1.82, 2.24) is 0 Å². The molecule has 0 saturated heterocycles. The molecule has 0 aromatic heterocycles. The first-order valence-corrected chi connectivity index (χ1v) is 9.53. The second kappa shape index (κ2) is 18.7. The van der Waals surface area contributed by atoms with Crippen molar-refractivity contribution >= 4 is 0 Å². The van der Waals surface area contributed by atoms with Crippen molar-refractivity contribution in [2.24, 2.45) is 5.92 Å². The largest absolute Gasteiger partial charge is 0.359 e. The smallest absolute Gasteiger partial charge is 0.146 e. The number of hydrogen-bond donors (Lipinski definition) is 0. The minimum absolute atomic E-state index is 0.432. The molecule has 1 atom stereocenters. The van der Waals surface area contributed by atoms with Crippen LogP contribution in [0.3, 0.4) is 0 Å². The second-order valence-electron chi connectivity index (χ2n) is 6.53. The summed E-state index contributed by atoms with van der Waals surface area (Å²) in [6, 6.07) is 0. The van der Waals surface area contributed by atoms with Crippen molar-refractivity contribution in [2.45, 2.75) is 90.9 Å². The van der Waals surface area contributed by atoms with Gasteiger partial charge in [0.05, 0.1) is 0 Å². The number of hydrogen-bond acceptors (Lipinski definition) is 2. The minimum atomic E-state index is 0.432. The van der Waals surface area contributed by atoms with Crippen molar-refractivity contribution in [3.05, 3.63) is 12.2 Å². The number of allylic oxidation sites excluding steroid dienone is 2. The average Bonchev–Trinajstić information content (AvgIpc) is 2.52. The molecule has 0 saturated carbocycles. The van der Waals surface area contributed by atoms with Gasteiger partial charge in [0.25, 0.3) is 0 Å². The van der Waals surface area contributed by atoms with Gasteiger partial charge in [0, 0.05) is 13.7 Å². The van der Waals surface area contributed by atoms with E-state index in [0.29, 0.717) is 6.79 Å². The van der Waals surface area contributed by atoms with Crippen LogP contribution in [0.1, 0.15) is 90.9 Å². The fourth-order valence-electron chi connectivity index (χ4n) is 2.62. The van der Waals surface area contributed by atoms with Crippen LogP contribution in [0.15, 0.2) is 12.2 Å². The summed E-state index contributed by atoms with van der Waals surface area (Å²) >= 11 is 0. The molecule has 0 aromatic rings. The highest BCUT2D eigenvalue weighted by molar-refractivity contribution is 4.83. The summed E-state index contributed by atoms with van der Waals surface area (Å²) in [5.41, 5.74) is 0. The van der Waals surface area contributed by atoms with Gasteiger partial charge in [-0.05, 0) is 31.6 Å². The normalized spacial score (nSPS) is 13.0. The molecule has 0 heterocycles. The summed E-state index contributed by atoms with van der Waals surface area (Å²) < 4.78 is 10.1. The molecule has 0 amide bonds. The van der Waals surface area contributed by atoms with Gasteiger partial charge in [-0.2, -0.15) is 0 Å². The standard InChI is InChI=1S/C20H40O2/c1-4-5-6-13-16-20(2)17-14-11-9-7-8-10-12-15-18-22-19-21-3/h11,14,20H,4-10,12-13,15-19H2,1-3H3/b14-11+. The maximum Gasteiger partial charge on any atom is 0.146 e. The molecule has 0 spiro atoms. The van der Waals surface area contributed by atoms with Crippen LogP contribution in [0.4, 0.5) is 0 Å². The Morgan fingerprint density at radius 1 is 0.864 bits per heavy atom. The highest BCUT2D eigenvalue weighted by Gasteiger charge is 1.98. The summed E-state index contributed by atoms with van der Waals surface area (Å²) in [6.07, 6.45) is 20.7. The summed E-state index contributed by atoms with van der Waals surface area (Å²) in [6.45, 7) is 5.94. The third-order valence-electron chi connectivity index (χ3n) is 4.12. The van der Waals surface area contributed by atoms with Crippen LogP contribution in [-0.4, -0.2) is 20.5 Å². The van der Waals surface area contributed by atoms with E-state index < -0.39 is 0 Å². The van der Waals surface area contributed by atoms with E-state index in [-0.39, 0.29) is 0 Å². The van der Waals surface area contributed by atoms with Crippen molar-refractivity contribution in [2.75, 3.05) is 20.5 Å². The SMILES string of the molecule is CCCCCCC(C)C/C=C/CCCCCCCOCOC. The van der Waals surface area contributed by atoms with Crippen LogP contribution < -0.4 is 0 Å². The number of ether oxygens (including phenoxy) is 2. The molecule has 22 heavy (non-hydrogen) atoms. The molecule has 0 bridgehead atoms. The van der Waals surface area contributed by atoms with Gasteiger partial charge in [-0.15, -0.1) is 0 Å². The van der Waals surface area contributed by atoms with Crippen LogP contribution in [0.5, 0.6) is 0 Å². The van der Waals surface area contributed by atoms with Gasteiger partial charge in [-0.25, -0.2) is 0 Å². The third kappa shape index (κ3) is 17.7. The maximum atomic E-state index is 5.27. The Balaban J connectivity index is 3.19. The van der Waals surface area contributed by atoms with Crippen LogP contribution in [0, 0.1) is 5.92 Å². The molecule has 0 aliphatic rings. The summed E-state index contributed by atoms with van der Waals surface area (Å²) in [5.74, 6) is 0.861. The van der Waals surface area contributed by atoms with Gasteiger partial charge in [-0.1, -0.05) is 77.4 Å². The fourth-order valence-corrected chi connectivity index (χ4v) is 2.62. The van der Waals surface area contributed by atoms with Gasteiger partial charge in [-0.3, -0.25) is 0 Å². The molecule has 0 rings (SSSR count). The molecule has 0 fully saturated rings. The van der Waals surface area contributed by atoms with Crippen LogP contribution >= 0.6 is 0 Å². The van der Waals surface area contributed by atoms with Crippen LogP contribution in [0.25, 0.3) is 0 Å². The number of rotatable bonds is 17. The topological polar surface area (TPSA) is 18.5 Å². The summed E-state index contributed by atoms with van der Waals surface area (Å²) in [4.78, 5) is 0. The average molecular weight is 313 g/mol. The van der Waals surface area contributed by atoms with E-state index in [1.165, 1.54) is 70.6 Å². The zero-order chi connectivity index (χ0) is 16.3. The first-order valence-electron chi connectivity index (χ1n) is 9.53. The lowest BCUT2D eigenvalue weighted by molar-refractivity contribution is -0.0315. The van der Waals surface area contributed by atoms with E-state index in [9.17, 15) is 0 Å². The minimum Gasteiger partial charge on any atom is -0.359 e. The number of unbranched alkanes of at least 4 members (excludes halogenated alkanes) is 8. The zero-order valence-electron chi connectivity index (χ0n) is 15.4. The van der Waals surface area contributed by atoms with Gasteiger partial charge in [0.15, 0.2) is 0 Å². The zero-order valence-corrected chi connectivity index (χ0v) is 15.4. The lowest BCUT2D eigenvalue weighted by atomic mass is 9.99. The Morgan fingerprint density at radius 3 is 2.36 bits per heavy atom. The molecule has 0 aliphatic heterocycles. The molecule has 0 aromatic carbocycles. The first kappa shape index (κ1) is 21.7.